The zero-order valence-electron chi connectivity index (χ0n) is 15.8. The second kappa shape index (κ2) is 11.9. The van der Waals surface area contributed by atoms with Crippen LogP contribution in [0.15, 0.2) is 34.6 Å². The SMILES string of the molecule is CCNC(=NCc1csc(N(C)C)n1)NCCOc1ccc(C)cc1.I. The van der Waals surface area contributed by atoms with Crippen molar-refractivity contribution in [3.05, 3.63) is 40.9 Å². The van der Waals surface area contributed by atoms with Gasteiger partial charge in [-0.05, 0) is 26.0 Å². The number of aryl methyl sites for hydroxylation is 1. The first-order valence-corrected chi connectivity index (χ1v) is 9.30. The van der Waals surface area contributed by atoms with Gasteiger partial charge in [-0.2, -0.15) is 0 Å². The molecule has 6 nitrogen and oxygen atoms in total. The van der Waals surface area contributed by atoms with Crippen molar-refractivity contribution < 1.29 is 4.74 Å². The largest absolute Gasteiger partial charge is 0.492 e. The molecule has 2 rings (SSSR count). The van der Waals surface area contributed by atoms with Gasteiger partial charge < -0.3 is 20.3 Å². The first-order chi connectivity index (χ1) is 12.1. The number of aromatic nitrogens is 1. The first-order valence-electron chi connectivity index (χ1n) is 8.42. The zero-order chi connectivity index (χ0) is 18.1. The number of benzene rings is 1. The molecule has 0 aliphatic carbocycles. The molecule has 0 amide bonds. The maximum absolute atomic E-state index is 5.72. The van der Waals surface area contributed by atoms with E-state index in [4.69, 9.17) is 4.74 Å². The molecule has 2 aromatic rings. The number of aliphatic imine (C=N–C) groups is 1. The summed E-state index contributed by atoms with van der Waals surface area (Å²) in [6.07, 6.45) is 0. The van der Waals surface area contributed by atoms with Crippen molar-refractivity contribution in [2.45, 2.75) is 20.4 Å². The molecular weight excluding hydrogens is 461 g/mol. The number of rotatable bonds is 8. The minimum absolute atomic E-state index is 0. The molecule has 0 radical (unpaired) electrons. The van der Waals surface area contributed by atoms with Crippen molar-refractivity contribution in [1.82, 2.24) is 15.6 Å². The van der Waals surface area contributed by atoms with Crippen molar-refractivity contribution >= 4 is 46.4 Å². The molecule has 2 N–H and O–H groups in total. The van der Waals surface area contributed by atoms with Gasteiger partial charge in [-0.15, -0.1) is 35.3 Å². The Morgan fingerprint density at radius 1 is 1.23 bits per heavy atom. The predicted molar refractivity (Wildman–Crippen MR) is 121 cm³/mol. The topological polar surface area (TPSA) is 61.8 Å². The van der Waals surface area contributed by atoms with Gasteiger partial charge in [0.25, 0.3) is 0 Å². The molecule has 0 unspecified atom stereocenters. The van der Waals surface area contributed by atoms with Crippen LogP contribution in [0.5, 0.6) is 5.75 Å². The quantitative estimate of drug-likeness (QED) is 0.258. The molecule has 0 saturated heterocycles. The number of thiazole rings is 1. The molecule has 0 saturated carbocycles. The van der Waals surface area contributed by atoms with Crippen LogP contribution in [0.2, 0.25) is 0 Å². The molecule has 0 aliphatic rings. The van der Waals surface area contributed by atoms with Crippen LogP contribution in [0.4, 0.5) is 5.13 Å². The number of nitrogens with zero attached hydrogens (tertiary/aromatic N) is 3. The van der Waals surface area contributed by atoms with Crippen molar-refractivity contribution in [1.29, 1.82) is 0 Å². The van der Waals surface area contributed by atoms with Crippen molar-refractivity contribution in [3.63, 3.8) is 0 Å². The first kappa shape index (κ1) is 22.5. The fourth-order valence-corrected chi connectivity index (χ4v) is 2.80. The number of halogens is 1. The summed E-state index contributed by atoms with van der Waals surface area (Å²) in [5.41, 5.74) is 2.20. The van der Waals surface area contributed by atoms with E-state index >= 15 is 0 Å². The lowest BCUT2D eigenvalue weighted by atomic mass is 10.2. The zero-order valence-corrected chi connectivity index (χ0v) is 18.9. The Balaban J connectivity index is 0.00000338. The maximum atomic E-state index is 5.72. The van der Waals surface area contributed by atoms with E-state index < -0.39 is 0 Å². The van der Waals surface area contributed by atoms with Crippen LogP contribution in [-0.2, 0) is 6.54 Å². The van der Waals surface area contributed by atoms with Crippen LogP contribution in [0, 0.1) is 6.92 Å². The van der Waals surface area contributed by atoms with E-state index in [0.717, 1.165) is 29.1 Å². The van der Waals surface area contributed by atoms with E-state index in [1.54, 1.807) is 11.3 Å². The molecule has 0 spiro atoms. The molecule has 0 fully saturated rings. The van der Waals surface area contributed by atoms with E-state index in [0.29, 0.717) is 19.7 Å². The molecule has 8 heteroatoms. The van der Waals surface area contributed by atoms with Crippen LogP contribution in [0.3, 0.4) is 0 Å². The van der Waals surface area contributed by atoms with Crippen LogP contribution < -0.4 is 20.3 Å². The van der Waals surface area contributed by atoms with Gasteiger partial charge >= 0.3 is 0 Å². The third-order valence-electron chi connectivity index (χ3n) is 3.35. The Hall–Kier alpha value is -1.55. The van der Waals surface area contributed by atoms with Gasteiger partial charge in [0.1, 0.15) is 12.4 Å². The monoisotopic (exact) mass is 489 g/mol. The fraction of sp³-hybridized carbons (Fsp3) is 0.444. The third kappa shape index (κ3) is 7.77. The Morgan fingerprint density at radius 2 is 1.96 bits per heavy atom. The van der Waals surface area contributed by atoms with Crippen LogP contribution in [0.25, 0.3) is 0 Å². The molecule has 0 aliphatic heterocycles. The number of ether oxygens (including phenoxy) is 1. The smallest absolute Gasteiger partial charge is 0.191 e. The van der Waals surface area contributed by atoms with Gasteiger partial charge in [0, 0.05) is 26.0 Å². The van der Waals surface area contributed by atoms with E-state index in [-0.39, 0.29) is 24.0 Å². The Labute approximate surface area is 177 Å². The Kier molecular flexibility index (Phi) is 10.3. The molecule has 0 bridgehead atoms. The van der Waals surface area contributed by atoms with E-state index in [1.807, 2.05) is 55.6 Å². The number of anilines is 1. The van der Waals surface area contributed by atoms with Gasteiger partial charge in [0.15, 0.2) is 11.1 Å². The maximum Gasteiger partial charge on any atom is 0.191 e. The lowest BCUT2D eigenvalue weighted by Crippen LogP contribution is -2.39. The van der Waals surface area contributed by atoms with Crippen LogP contribution >= 0.6 is 35.3 Å². The van der Waals surface area contributed by atoms with Crippen molar-refractivity contribution in [2.24, 2.45) is 4.99 Å². The summed E-state index contributed by atoms with van der Waals surface area (Å²) in [5, 5.41) is 9.56. The molecule has 1 aromatic heterocycles. The summed E-state index contributed by atoms with van der Waals surface area (Å²) >= 11 is 1.63. The number of nitrogens with one attached hydrogen (secondary N) is 2. The minimum Gasteiger partial charge on any atom is -0.492 e. The second-order valence-electron chi connectivity index (χ2n) is 5.80. The van der Waals surface area contributed by atoms with Crippen molar-refractivity contribution in [3.8, 4) is 5.75 Å². The lowest BCUT2D eigenvalue weighted by molar-refractivity contribution is 0.322. The van der Waals surface area contributed by atoms with E-state index in [1.165, 1.54) is 5.56 Å². The highest BCUT2D eigenvalue weighted by molar-refractivity contribution is 14.0. The lowest BCUT2D eigenvalue weighted by Gasteiger charge is -2.12. The summed E-state index contributed by atoms with van der Waals surface area (Å²) in [4.78, 5) is 11.1. The summed E-state index contributed by atoms with van der Waals surface area (Å²) in [6, 6.07) is 8.06. The van der Waals surface area contributed by atoms with Gasteiger partial charge in [-0.1, -0.05) is 17.7 Å². The molecule has 0 atom stereocenters. The van der Waals surface area contributed by atoms with E-state index in [9.17, 15) is 0 Å². The predicted octanol–water partition coefficient (Wildman–Crippen LogP) is 3.27. The van der Waals surface area contributed by atoms with Crippen molar-refractivity contribution in [2.75, 3.05) is 38.7 Å². The van der Waals surface area contributed by atoms with Gasteiger partial charge in [0.2, 0.25) is 0 Å². The summed E-state index contributed by atoms with van der Waals surface area (Å²) in [5.74, 6) is 1.66. The highest BCUT2D eigenvalue weighted by Crippen LogP contribution is 2.18. The summed E-state index contributed by atoms with van der Waals surface area (Å²) in [6.45, 7) is 6.74. The average molecular weight is 489 g/mol. The van der Waals surface area contributed by atoms with Gasteiger partial charge in [-0.3, -0.25) is 0 Å². The third-order valence-corrected chi connectivity index (χ3v) is 4.41. The summed E-state index contributed by atoms with van der Waals surface area (Å²) < 4.78 is 5.72. The fourth-order valence-electron chi connectivity index (χ4n) is 2.05. The minimum atomic E-state index is 0. The number of hydrogen-bond donors (Lipinski definition) is 2. The molecule has 1 heterocycles. The Bertz CT molecular complexity index is 672. The van der Waals surface area contributed by atoms with E-state index in [2.05, 4.69) is 27.5 Å². The average Bonchev–Trinajstić information content (AvgIpc) is 3.07. The highest BCUT2D eigenvalue weighted by Gasteiger charge is 2.04. The van der Waals surface area contributed by atoms with Gasteiger partial charge in [0.05, 0.1) is 18.8 Å². The second-order valence-corrected chi connectivity index (χ2v) is 6.64. The van der Waals surface area contributed by atoms with Crippen LogP contribution in [0.1, 0.15) is 18.2 Å². The number of guanidine groups is 1. The highest BCUT2D eigenvalue weighted by atomic mass is 127. The number of hydrogen-bond acceptors (Lipinski definition) is 5. The summed E-state index contributed by atoms with van der Waals surface area (Å²) in [7, 11) is 3.98. The molecule has 1 aromatic carbocycles. The molecule has 26 heavy (non-hydrogen) atoms. The van der Waals surface area contributed by atoms with Gasteiger partial charge in [-0.25, -0.2) is 9.98 Å². The standard InChI is InChI=1S/C18H27N5OS.HI/c1-5-19-17(21-12-15-13-25-18(22-15)23(3)4)20-10-11-24-16-8-6-14(2)7-9-16;/h6-9,13H,5,10-12H2,1-4H3,(H2,19,20,21);1H. The molecule has 144 valence electrons. The van der Waals surface area contributed by atoms with Crippen LogP contribution in [-0.4, -0.2) is 44.7 Å². The normalized spacial score (nSPS) is 10.8. The Morgan fingerprint density at radius 3 is 2.58 bits per heavy atom. The molecular formula is C18H28IN5OS.